The number of nitrogen functional groups attached to an aromatic ring is 1. The fourth-order valence-corrected chi connectivity index (χ4v) is 1.79. The Morgan fingerprint density at radius 1 is 1.57 bits per heavy atom. The quantitative estimate of drug-likeness (QED) is 0.627. The van der Waals surface area contributed by atoms with Crippen molar-refractivity contribution >= 4 is 11.7 Å². The molecule has 76 valence electrons. The third-order valence-corrected chi connectivity index (χ3v) is 2.69. The van der Waals surface area contributed by atoms with Gasteiger partial charge in [-0.2, -0.15) is 5.10 Å². The number of rotatable bonds is 0. The van der Waals surface area contributed by atoms with Gasteiger partial charge in [0.25, 0.3) is 0 Å². The predicted molar refractivity (Wildman–Crippen MR) is 52.4 cm³/mol. The Bertz CT molecular complexity index is 382. The van der Waals surface area contributed by atoms with E-state index in [-0.39, 0.29) is 5.91 Å². The summed E-state index contributed by atoms with van der Waals surface area (Å²) >= 11 is 0. The Kier molecular flexibility index (Phi) is 1.94. The number of nitrogens with two attached hydrogens (primary N) is 1. The summed E-state index contributed by atoms with van der Waals surface area (Å²) in [7, 11) is 1.83. The Balaban J connectivity index is 2.33. The summed E-state index contributed by atoms with van der Waals surface area (Å²) < 4.78 is 1.67. The minimum absolute atomic E-state index is 0.0962. The molecule has 1 aliphatic heterocycles. The van der Waals surface area contributed by atoms with E-state index in [4.69, 9.17) is 5.73 Å². The van der Waals surface area contributed by atoms with Crippen molar-refractivity contribution in [3.05, 3.63) is 11.3 Å². The molecule has 0 aromatic carbocycles. The number of amides is 1. The van der Waals surface area contributed by atoms with Gasteiger partial charge in [0.15, 0.2) is 0 Å². The van der Waals surface area contributed by atoms with Crippen molar-refractivity contribution in [1.29, 1.82) is 0 Å². The van der Waals surface area contributed by atoms with Crippen LogP contribution in [0, 0.1) is 0 Å². The maximum atomic E-state index is 11.2. The molecular weight excluding hydrogens is 180 g/mol. The van der Waals surface area contributed by atoms with Crippen molar-refractivity contribution < 1.29 is 4.79 Å². The molecule has 1 aromatic rings. The number of aromatic nitrogens is 2. The van der Waals surface area contributed by atoms with Crippen LogP contribution in [0.4, 0.5) is 5.82 Å². The Morgan fingerprint density at radius 3 is 2.93 bits per heavy atom. The van der Waals surface area contributed by atoms with Gasteiger partial charge in [-0.3, -0.25) is 9.48 Å². The zero-order valence-electron chi connectivity index (χ0n) is 8.45. The van der Waals surface area contributed by atoms with Crippen LogP contribution in [-0.4, -0.2) is 27.1 Å². The van der Waals surface area contributed by atoms with Gasteiger partial charge in [-0.25, -0.2) is 0 Å². The van der Waals surface area contributed by atoms with Crippen molar-refractivity contribution in [2.45, 2.75) is 19.9 Å². The lowest BCUT2D eigenvalue weighted by molar-refractivity contribution is -0.129. The van der Waals surface area contributed by atoms with Crippen molar-refractivity contribution in [3.63, 3.8) is 0 Å². The monoisotopic (exact) mass is 194 g/mol. The molecule has 0 bridgehead atoms. The summed E-state index contributed by atoms with van der Waals surface area (Å²) in [5, 5.41) is 4.30. The number of carbonyl (C=O) groups excluding carboxylic acids is 1. The SMILES string of the molecule is CC(=O)N1CCc2nn(C)c(N)c2C1. The van der Waals surface area contributed by atoms with Crippen LogP contribution < -0.4 is 5.73 Å². The molecule has 0 saturated heterocycles. The van der Waals surface area contributed by atoms with Crippen LogP contribution in [0.5, 0.6) is 0 Å². The topological polar surface area (TPSA) is 64.2 Å². The van der Waals surface area contributed by atoms with E-state index in [0.717, 1.165) is 24.2 Å². The third-order valence-electron chi connectivity index (χ3n) is 2.69. The maximum absolute atomic E-state index is 11.2. The molecule has 1 aliphatic rings. The van der Waals surface area contributed by atoms with E-state index in [1.807, 2.05) is 7.05 Å². The highest BCUT2D eigenvalue weighted by molar-refractivity contribution is 5.73. The molecule has 2 heterocycles. The standard InChI is InChI=1S/C9H14N4O/c1-6(14)13-4-3-8-7(5-13)9(10)12(2)11-8/h3-5,10H2,1-2H3. The number of hydrogen-bond acceptors (Lipinski definition) is 3. The molecule has 0 aliphatic carbocycles. The first kappa shape index (κ1) is 9.05. The first-order valence-corrected chi connectivity index (χ1v) is 4.65. The Labute approximate surface area is 82.5 Å². The minimum Gasteiger partial charge on any atom is -0.384 e. The predicted octanol–water partition coefficient (Wildman–Crippen LogP) is -0.0931. The van der Waals surface area contributed by atoms with Gasteiger partial charge in [-0.1, -0.05) is 0 Å². The molecule has 0 fully saturated rings. The summed E-state index contributed by atoms with van der Waals surface area (Å²) in [5.41, 5.74) is 7.89. The number of hydrogen-bond donors (Lipinski definition) is 1. The Morgan fingerprint density at radius 2 is 2.29 bits per heavy atom. The summed E-state index contributed by atoms with van der Waals surface area (Å²) in [4.78, 5) is 13.0. The molecule has 0 atom stereocenters. The number of anilines is 1. The molecule has 0 radical (unpaired) electrons. The second-order valence-corrected chi connectivity index (χ2v) is 3.62. The summed E-state index contributed by atoms with van der Waals surface area (Å²) in [5.74, 6) is 0.768. The molecule has 0 unspecified atom stereocenters. The van der Waals surface area contributed by atoms with Gasteiger partial charge in [-0.05, 0) is 0 Å². The number of fused-ring (bicyclic) bond motifs is 1. The van der Waals surface area contributed by atoms with Crippen LogP contribution in [0.25, 0.3) is 0 Å². The van der Waals surface area contributed by atoms with Gasteiger partial charge in [0.2, 0.25) is 5.91 Å². The van der Waals surface area contributed by atoms with E-state index in [1.165, 1.54) is 0 Å². The average molecular weight is 194 g/mol. The van der Waals surface area contributed by atoms with Crippen LogP contribution >= 0.6 is 0 Å². The van der Waals surface area contributed by atoms with Crippen LogP contribution in [-0.2, 0) is 24.8 Å². The van der Waals surface area contributed by atoms with Crippen LogP contribution in [0.3, 0.4) is 0 Å². The summed E-state index contributed by atoms with van der Waals surface area (Å²) in [6.45, 7) is 2.93. The van der Waals surface area contributed by atoms with Gasteiger partial charge >= 0.3 is 0 Å². The van der Waals surface area contributed by atoms with Gasteiger partial charge in [0.1, 0.15) is 5.82 Å². The first-order chi connectivity index (χ1) is 6.59. The van der Waals surface area contributed by atoms with E-state index in [9.17, 15) is 4.79 Å². The first-order valence-electron chi connectivity index (χ1n) is 4.65. The molecule has 5 heteroatoms. The highest BCUT2D eigenvalue weighted by Gasteiger charge is 2.23. The minimum atomic E-state index is 0.0962. The van der Waals surface area contributed by atoms with Gasteiger partial charge < -0.3 is 10.6 Å². The van der Waals surface area contributed by atoms with E-state index < -0.39 is 0 Å². The highest BCUT2D eigenvalue weighted by atomic mass is 16.2. The van der Waals surface area contributed by atoms with Crippen LogP contribution in [0.2, 0.25) is 0 Å². The van der Waals surface area contributed by atoms with Gasteiger partial charge in [-0.15, -0.1) is 0 Å². The number of nitrogens with zero attached hydrogens (tertiary/aromatic N) is 3. The van der Waals surface area contributed by atoms with Gasteiger partial charge in [0, 0.05) is 32.5 Å². The van der Waals surface area contributed by atoms with Gasteiger partial charge in [0.05, 0.1) is 12.2 Å². The second kappa shape index (κ2) is 3.01. The smallest absolute Gasteiger partial charge is 0.219 e. The van der Waals surface area contributed by atoms with Crippen LogP contribution in [0.15, 0.2) is 0 Å². The van der Waals surface area contributed by atoms with Crippen molar-refractivity contribution in [3.8, 4) is 0 Å². The van der Waals surface area contributed by atoms with Crippen molar-refractivity contribution in [2.24, 2.45) is 7.05 Å². The largest absolute Gasteiger partial charge is 0.384 e. The summed E-state index contributed by atoms with van der Waals surface area (Å²) in [6.07, 6.45) is 0.806. The van der Waals surface area contributed by atoms with E-state index >= 15 is 0 Å². The molecule has 1 aromatic heterocycles. The molecule has 0 spiro atoms. The fourth-order valence-electron chi connectivity index (χ4n) is 1.79. The van der Waals surface area contributed by atoms with Crippen LogP contribution in [0.1, 0.15) is 18.2 Å². The van der Waals surface area contributed by atoms with E-state index in [2.05, 4.69) is 5.10 Å². The third kappa shape index (κ3) is 1.25. The van der Waals surface area contributed by atoms with E-state index in [1.54, 1.807) is 16.5 Å². The molecule has 2 rings (SSSR count). The maximum Gasteiger partial charge on any atom is 0.219 e. The highest BCUT2D eigenvalue weighted by Crippen LogP contribution is 2.23. The molecule has 14 heavy (non-hydrogen) atoms. The zero-order chi connectivity index (χ0) is 10.3. The molecule has 5 nitrogen and oxygen atoms in total. The lowest BCUT2D eigenvalue weighted by Crippen LogP contribution is -2.34. The van der Waals surface area contributed by atoms with Crippen molar-refractivity contribution in [2.75, 3.05) is 12.3 Å². The average Bonchev–Trinajstić information content (AvgIpc) is 2.43. The normalized spacial score (nSPS) is 15.4. The molecule has 0 saturated carbocycles. The van der Waals surface area contributed by atoms with E-state index in [0.29, 0.717) is 12.4 Å². The second-order valence-electron chi connectivity index (χ2n) is 3.62. The number of aryl methyl sites for hydroxylation is 1. The van der Waals surface area contributed by atoms with Crippen molar-refractivity contribution in [1.82, 2.24) is 14.7 Å². The summed E-state index contributed by atoms with van der Waals surface area (Å²) in [6, 6.07) is 0. The molecular formula is C9H14N4O. The lowest BCUT2D eigenvalue weighted by Gasteiger charge is -2.25. The molecule has 2 N–H and O–H groups in total. The fraction of sp³-hybridized carbons (Fsp3) is 0.556. The Hall–Kier alpha value is -1.52. The lowest BCUT2D eigenvalue weighted by atomic mass is 10.1. The zero-order valence-corrected chi connectivity index (χ0v) is 8.45. The molecule has 1 amide bonds. The number of carbonyl (C=O) groups is 1.